The van der Waals surface area contributed by atoms with Gasteiger partial charge in [-0.05, 0) is 43.5 Å². The van der Waals surface area contributed by atoms with E-state index in [1.54, 1.807) is 11.7 Å². The molecule has 7 heteroatoms. The number of methoxy groups -OCH3 is 1. The molecule has 4 aromatic rings. The summed E-state index contributed by atoms with van der Waals surface area (Å²) < 4.78 is 7.20. The Labute approximate surface area is 216 Å². The van der Waals surface area contributed by atoms with E-state index in [-0.39, 0.29) is 17.4 Å². The van der Waals surface area contributed by atoms with Gasteiger partial charge in [-0.15, -0.1) is 0 Å². The Morgan fingerprint density at radius 2 is 1.81 bits per heavy atom. The summed E-state index contributed by atoms with van der Waals surface area (Å²) in [5, 5.41) is 3.06. The Kier molecular flexibility index (Phi) is 7.21. The van der Waals surface area contributed by atoms with Crippen LogP contribution in [0.2, 0.25) is 0 Å². The van der Waals surface area contributed by atoms with Gasteiger partial charge >= 0.3 is 0 Å². The highest BCUT2D eigenvalue weighted by molar-refractivity contribution is 5.80. The molecule has 5 rings (SSSR count). The highest BCUT2D eigenvalue weighted by Crippen LogP contribution is 2.23. The molecule has 1 aliphatic rings. The summed E-state index contributed by atoms with van der Waals surface area (Å²) in [6, 6.07) is 23.6. The van der Waals surface area contributed by atoms with E-state index in [9.17, 15) is 9.59 Å². The number of ether oxygens (including phenoxy) is 1. The maximum atomic E-state index is 13.8. The Morgan fingerprint density at radius 3 is 2.62 bits per heavy atom. The molecule has 1 fully saturated rings. The smallest absolute Gasteiger partial charge is 0.294 e. The summed E-state index contributed by atoms with van der Waals surface area (Å²) >= 11 is 0. The van der Waals surface area contributed by atoms with Crippen LogP contribution in [0.5, 0.6) is 5.75 Å². The fraction of sp³-hybridized carbons (Fsp3) is 0.300. The topological polar surface area (TPSA) is 76.5 Å². The minimum absolute atomic E-state index is 0.0172. The van der Waals surface area contributed by atoms with Gasteiger partial charge in [0.25, 0.3) is 5.56 Å². The number of hydrogen-bond donors (Lipinski definition) is 1. The standard InChI is InChI=1S/C30H32N4O3/c1-21-13-15-22(16-14-21)19-34-26-11-5-4-10-25(26)32-28(30(34)36)33-17-7-9-24(20-33)29(35)31-18-23-8-3-6-12-27(23)37-2/h3-6,8,10-16,24H,7,9,17-20H2,1-2H3,(H,31,35)/t24-/m1/s1. The van der Waals surface area contributed by atoms with E-state index >= 15 is 0 Å². The lowest BCUT2D eigenvalue weighted by Crippen LogP contribution is -2.45. The molecule has 0 radical (unpaired) electrons. The SMILES string of the molecule is COc1ccccc1CNC(=O)[C@@H]1CCCN(c2nc3ccccc3n(Cc3ccc(C)cc3)c2=O)C1. The Bertz CT molecular complexity index is 1460. The van der Waals surface area contributed by atoms with Gasteiger partial charge in [0.1, 0.15) is 5.75 Å². The number of amides is 1. The quantitative estimate of drug-likeness (QED) is 0.413. The molecular formula is C30H32N4O3. The van der Waals surface area contributed by atoms with Crippen LogP contribution in [0.25, 0.3) is 11.0 Å². The summed E-state index contributed by atoms with van der Waals surface area (Å²) in [6.45, 7) is 4.07. The number of carbonyl (C=O) groups excluding carboxylic acids is 1. The summed E-state index contributed by atoms with van der Waals surface area (Å²) in [4.78, 5) is 33.6. The Balaban J connectivity index is 1.38. The summed E-state index contributed by atoms with van der Waals surface area (Å²) in [6.07, 6.45) is 1.60. The molecule has 1 amide bonds. The second kappa shape index (κ2) is 10.9. The van der Waals surface area contributed by atoms with Crippen molar-refractivity contribution in [3.05, 3.63) is 99.8 Å². The molecule has 7 nitrogen and oxygen atoms in total. The third-order valence-corrected chi connectivity index (χ3v) is 7.03. The molecule has 0 saturated carbocycles. The molecule has 37 heavy (non-hydrogen) atoms. The lowest BCUT2D eigenvalue weighted by molar-refractivity contribution is -0.125. The minimum Gasteiger partial charge on any atom is -0.496 e. The van der Waals surface area contributed by atoms with E-state index in [0.717, 1.165) is 40.8 Å². The highest BCUT2D eigenvalue weighted by Gasteiger charge is 2.28. The molecule has 0 bridgehead atoms. The first-order valence-electron chi connectivity index (χ1n) is 12.7. The van der Waals surface area contributed by atoms with Crippen molar-refractivity contribution in [3.63, 3.8) is 0 Å². The maximum Gasteiger partial charge on any atom is 0.294 e. The van der Waals surface area contributed by atoms with Gasteiger partial charge in [-0.2, -0.15) is 0 Å². The summed E-state index contributed by atoms with van der Waals surface area (Å²) in [5.74, 6) is 0.925. The largest absolute Gasteiger partial charge is 0.496 e. The van der Waals surface area contributed by atoms with E-state index in [4.69, 9.17) is 9.72 Å². The van der Waals surface area contributed by atoms with Gasteiger partial charge in [-0.25, -0.2) is 4.98 Å². The number of benzene rings is 3. The molecule has 0 spiro atoms. The van der Waals surface area contributed by atoms with Crippen LogP contribution in [0.4, 0.5) is 5.82 Å². The van der Waals surface area contributed by atoms with E-state index in [1.165, 1.54) is 5.56 Å². The van der Waals surface area contributed by atoms with Crippen molar-refractivity contribution in [2.24, 2.45) is 5.92 Å². The van der Waals surface area contributed by atoms with Crippen LogP contribution in [0.1, 0.15) is 29.5 Å². The molecule has 190 valence electrons. The monoisotopic (exact) mass is 496 g/mol. The number of para-hydroxylation sites is 3. The predicted octanol–water partition coefficient (Wildman–Crippen LogP) is 4.29. The van der Waals surface area contributed by atoms with Gasteiger partial charge in [0, 0.05) is 25.2 Å². The normalized spacial score (nSPS) is 15.5. The third-order valence-electron chi connectivity index (χ3n) is 7.03. The van der Waals surface area contributed by atoms with Gasteiger partial charge in [-0.1, -0.05) is 60.2 Å². The molecular weight excluding hydrogens is 464 g/mol. The van der Waals surface area contributed by atoms with E-state index in [0.29, 0.717) is 32.0 Å². The second-order valence-corrected chi connectivity index (χ2v) is 9.62. The Morgan fingerprint density at radius 1 is 1.05 bits per heavy atom. The van der Waals surface area contributed by atoms with Crippen molar-refractivity contribution in [1.29, 1.82) is 0 Å². The molecule has 2 heterocycles. The molecule has 3 aromatic carbocycles. The molecule has 0 unspecified atom stereocenters. The zero-order valence-corrected chi connectivity index (χ0v) is 21.3. The van der Waals surface area contributed by atoms with Crippen LogP contribution in [-0.2, 0) is 17.9 Å². The fourth-order valence-corrected chi connectivity index (χ4v) is 4.98. The first-order chi connectivity index (χ1) is 18.0. The number of piperidine rings is 1. The Hall–Kier alpha value is -4.13. The first-order valence-corrected chi connectivity index (χ1v) is 12.7. The van der Waals surface area contributed by atoms with Crippen molar-refractivity contribution in [3.8, 4) is 5.75 Å². The molecule has 0 aliphatic carbocycles. The van der Waals surface area contributed by atoms with Crippen LogP contribution in [0.3, 0.4) is 0 Å². The number of hydrogen-bond acceptors (Lipinski definition) is 5. The average molecular weight is 497 g/mol. The average Bonchev–Trinajstić information content (AvgIpc) is 2.94. The van der Waals surface area contributed by atoms with Gasteiger partial charge in [0.05, 0.1) is 30.6 Å². The second-order valence-electron chi connectivity index (χ2n) is 9.62. The van der Waals surface area contributed by atoms with Gasteiger partial charge in [0.2, 0.25) is 5.91 Å². The van der Waals surface area contributed by atoms with Crippen molar-refractivity contribution >= 4 is 22.8 Å². The molecule has 1 atom stereocenters. The fourth-order valence-electron chi connectivity index (χ4n) is 4.98. The van der Waals surface area contributed by atoms with Crippen LogP contribution in [0, 0.1) is 12.8 Å². The van der Waals surface area contributed by atoms with E-state index < -0.39 is 0 Å². The van der Waals surface area contributed by atoms with Crippen LogP contribution in [0.15, 0.2) is 77.6 Å². The number of anilines is 1. The summed E-state index contributed by atoms with van der Waals surface area (Å²) in [7, 11) is 1.63. The highest BCUT2D eigenvalue weighted by atomic mass is 16.5. The third kappa shape index (κ3) is 5.35. The number of fused-ring (bicyclic) bond motifs is 1. The van der Waals surface area contributed by atoms with Crippen molar-refractivity contribution in [1.82, 2.24) is 14.9 Å². The lowest BCUT2D eigenvalue weighted by Gasteiger charge is -2.33. The number of nitrogens with zero attached hydrogens (tertiary/aromatic N) is 3. The van der Waals surface area contributed by atoms with E-state index in [2.05, 4.69) is 36.5 Å². The van der Waals surface area contributed by atoms with Crippen molar-refractivity contribution in [2.45, 2.75) is 32.9 Å². The zero-order valence-electron chi connectivity index (χ0n) is 21.3. The van der Waals surface area contributed by atoms with Crippen molar-refractivity contribution < 1.29 is 9.53 Å². The van der Waals surface area contributed by atoms with Crippen LogP contribution in [-0.4, -0.2) is 35.7 Å². The maximum absolute atomic E-state index is 13.8. The lowest BCUT2D eigenvalue weighted by atomic mass is 9.97. The molecule has 1 saturated heterocycles. The van der Waals surface area contributed by atoms with Crippen molar-refractivity contribution in [2.75, 3.05) is 25.1 Å². The zero-order chi connectivity index (χ0) is 25.8. The van der Waals surface area contributed by atoms with Gasteiger partial charge in [-0.3, -0.25) is 14.2 Å². The molecule has 1 N–H and O–H groups in total. The van der Waals surface area contributed by atoms with E-state index in [1.807, 2.05) is 53.4 Å². The number of rotatable bonds is 7. The molecule has 1 aliphatic heterocycles. The summed E-state index contributed by atoms with van der Waals surface area (Å²) in [5.41, 5.74) is 4.62. The number of nitrogens with one attached hydrogen (secondary N) is 1. The van der Waals surface area contributed by atoms with Crippen LogP contribution >= 0.6 is 0 Å². The number of aryl methyl sites for hydroxylation is 1. The van der Waals surface area contributed by atoms with Gasteiger partial charge in [0.15, 0.2) is 5.82 Å². The number of carbonyl (C=O) groups is 1. The first kappa shape index (κ1) is 24.6. The van der Waals surface area contributed by atoms with Gasteiger partial charge < -0.3 is 15.0 Å². The minimum atomic E-state index is -0.221. The molecule has 1 aromatic heterocycles. The number of aromatic nitrogens is 2. The van der Waals surface area contributed by atoms with Crippen LogP contribution < -0.4 is 20.5 Å². The predicted molar refractivity (Wildman–Crippen MR) is 146 cm³/mol.